The van der Waals surface area contributed by atoms with Gasteiger partial charge in [-0.2, -0.15) is 0 Å². The molecule has 1 aliphatic rings. The number of rotatable bonds is 4. The average molecular weight is 247 g/mol. The standard InChI is InChI=1S/C14H21N3O/c1-10(15)12-9-11(16-2)6-7-13(12)17-14-5-3-4-8-18-14/h6-7,9,14-17H,3-5,8H2,1-2H3. The summed E-state index contributed by atoms with van der Waals surface area (Å²) in [6.07, 6.45) is 3.46. The molecule has 1 saturated heterocycles. The van der Waals surface area contributed by atoms with Crippen LogP contribution in [-0.2, 0) is 4.74 Å². The largest absolute Gasteiger partial charge is 0.388 e. The second-order valence-electron chi connectivity index (χ2n) is 4.63. The maximum atomic E-state index is 7.86. The van der Waals surface area contributed by atoms with Gasteiger partial charge in [0.2, 0.25) is 0 Å². The quantitative estimate of drug-likeness (QED) is 0.717. The highest BCUT2D eigenvalue weighted by atomic mass is 16.5. The van der Waals surface area contributed by atoms with Gasteiger partial charge in [-0.25, -0.2) is 0 Å². The Balaban J connectivity index is 2.17. The van der Waals surface area contributed by atoms with Crippen molar-refractivity contribution in [1.82, 2.24) is 0 Å². The van der Waals surface area contributed by atoms with Crippen LogP contribution < -0.4 is 10.6 Å². The molecule has 1 aromatic carbocycles. The monoisotopic (exact) mass is 247 g/mol. The van der Waals surface area contributed by atoms with Gasteiger partial charge in [-0.05, 0) is 44.4 Å². The second kappa shape index (κ2) is 5.87. The highest BCUT2D eigenvalue weighted by Crippen LogP contribution is 2.24. The number of hydrogen-bond acceptors (Lipinski definition) is 4. The van der Waals surface area contributed by atoms with Gasteiger partial charge in [0.05, 0.1) is 0 Å². The lowest BCUT2D eigenvalue weighted by molar-refractivity contribution is 0.0343. The topological polar surface area (TPSA) is 57.1 Å². The minimum absolute atomic E-state index is 0.0808. The predicted molar refractivity (Wildman–Crippen MR) is 75.7 cm³/mol. The molecular weight excluding hydrogens is 226 g/mol. The SMILES string of the molecule is CNc1ccc(NC2CCCCO2)c(C(C)=N)c1. The summed E-state index contributed by atoms with van der Waals surface area (Å²) in [7, 11) is 1.88. The first-order valence-electron chi connectivity index (χ1n) is 6.46. The van der Waals surface area contributed by atoms with Gasteiger partial charge in [0, 0.05) is 36.3 Å². The first-order chi connectivity index (χ1) is 8.70. The minimum Gasteiger partial charge on any atom is -0.388 e. The van der Waals surface area contributed by atoms with Gasteiger partial charge in [-0.15, -0.1) is 0 Å². The van der Waals surface area contributed by atoms with Crippen molar-refractivity contribution in [2.24, 2.45) is 0 Å². The van der Waals surface area contributed by atoms with Crippen LogP contribution >= 0.6 is 0 Å². The number of anilines is 2. The first kappa shape index (κ1) is 12.9. The molecule has 18 heavy (non-hydrogen) atoms. The van der Waals surface area contributed by atoms with Crippen molar-refractivity contribution >= 4 is 17.1 Å². The lowest BCUT2D eigenvalue weighted by atomic mass is 10.1. The van der Waals surface area contributed by atoms with Gasteiger partial charge in [0.25, 0.3) is 0 Å². The molecular formula is C14H21N3O. The van der Waals surface area contributed by atoms with E-state index in [0.29, 0.717) is 5.71 Å². The lowest BCUT2D eigenvalue weighted by Crippen LogP contribution is -2.27. The third kappa shape index (κ3) is 3.01. The summed E-state index contributed by atoms with van der Waals surface area (Å²) >= 11 is 0. The molecule has 0 amide bonds. The number of nitrogens with one attached hydrogen (secondary N) is 3. The van der Waals surface area contributed by atoms with Crippen LogP contribution in [0.1, 0.15) is 31.7 Å². The first-order valence-corrected chi connectivity index (χ1v) is 6.46. The molecule has 0 aliphatic carbocycles. The molecule has 1 aromatic rings. The van der Waals surface area contributed by atoms with Gasteiger partial charge in [-0.3, -0.25) is 0 Å². The third-order valence-electron chi connectivity index (χ3n) is 3.21. The van der Waals surface area contributed by atoms with Crippen LogP contribution in [0.2, 0.25) is 0 Å². The zero-order valence-corrected chi connectivity index (χ0v) is 11.0. The second-order valence-corrected chi connectivity index (χ2v) is 4.63. The highest BCUT2D eigenvalue weighted by Gasteiger charge is 2.15. The van der Waals surface area contributed by atoms with E-state index in [2.05, 4.69) is 10.6 Å². The van der Waals surface area contributed by atoms with Gasteiger partial charge < -0.3 is 20.8 Å². The molecule has 1 aliphatic heterocycles. The Kier molecular flexibility index (Phi) is 4.20. The molecule has 1 fully saturated rings. The Morgan fingerprint density at radius 2 is 2.22 bits per heavy atom. The van der Waals surface area contributed by atoms with E-state index in [9.17, 15) is 0 Å². The molecule has 1 heterocycles. The van der Waals surface area contributed by atoms with Crippen molar-refractivity contribution in [3.05, 3.63) is 23.8 Å². The molecule has 3 N–H and O–H groups in total. The Morgan fingerprint density at radius 1 is 1.39 bits per heavy atom. The maximum absolute atomic E-state index is 7.86. The zero-order valence-electron chi connectivity index (χ0n) is 11.0. The molecule has 4 heteroatoms. The number of benzene rings is 1. The van der Waals surface area contributed by atoms with Crippen LogP contribution in [0.3, 0.4) is 0 Å². The van der Waals surface area contributed by atoms with Gasteiger partial charge in [0.1, 0.15) is 6.23 Å². The normalized spacial score (nSPS) is 19.3. The Morgan fingerprint density at radius 3 is 2.83 bits per heavy atom. The van der Waals surface area contributed by atoms with E-state index in [-0.39, 0.29) is 6.23 Å². The van der Waals surface area contributed by atoms with Crippen LogP contribution in [0.4, 0.5) is 11.4 Å². The highest BCUT2D eigenvalue weighted by molar-refractivity contribution is 6.02. The molecule has 0 aromatic heterocycles. The van der Waals surface area contributed by atoms with E-state index in [1.165, 1.54) is 6.42 Å². The molecule has 0 radical (unpaired) electrons. The fourth-order valence-electron chi connectivity index (χ4n) is 2.16. The number of hydrogen-bond donors (Lipinski definition) is 3. The van der Waals surface area contributed by atoms with Gasteiger partial charge in [0.15, 0.2) is 0 Å². The van der Waals surface area contributed by atoms with Crippen molar-refractivity contribution in [2.75, 3.05) is 24.3 Å². The molecule has 0 saturated carbocycles. The molecule has 98 valence electrons. The van der Waals surface area contributed by atoms with Crippen LogP contribution in [0.15, 0.2) is 18.2 Å². The van der Waals surface area contributed by atoms with E-state index < -0.39 is 0 Å². The van der Waals surface area contributed by atoms with E-state index in [1.54, 1.807) is 0 Å². The summed E-state index contributed by atoms with van der Waals surface area (Å²) in [5.74, 6) is 0. The molecule has 4 nitrogen and oxygen atoms in total. The van der Waals surface area contributed by atoms with Crippen molar-refractivity contribution in [3.8, 4) is 0 Å². The fraction of sp³-hybridized carbons (Fsp3) is 0.500. The van der Waals surface area contributed by atoms with Crippen LogP contribution in [0, 0.1) is 5.41 Å². The Labute approximate surface area is 108 Å². The van der Waals surface area contributed by atoms with Gasteiger partial charge in [-0.1, -0.05) is 0 Å². The summed E-state index contributed by atoms with van der Waals surface area (Å²) in [6.45, 7) is 2.63. The molecule has 2 rings (SSSR count). The summed E-state index contributed by atoms with van der Waals surface area (Å²) in [4.78, 5) is 0. The number of ether oxygens (including phenoxy) is 1. The molecule has 1 unspecified atom stereocenters. The Hall–Kier alpha value is -1.55. The van der Waals surface area contributed by atoms with Crippen LogP contribution in [0.25, 0.3) is 0 Å². The molecule has 0 bridgehead atoms. The smallest absolute Gasteiger partial charge is 0.127 e. The van der Waals surface area contributed by atoms with E-state index in [0.717, 1.165) is 36.4 Å². The van der Waals surface area contributed by atoms with Crippen molar-refractivity contribution in [2.45, 2.75) is 32.4 Å². The van der Waals surface area contributed by atoms with Crippen molar-refractivity contribution in [1.29, 1.82) is 5.41 Å². The maximum Gasteiger partial charge on any atom is 0.127 e. The fourth-order valence-corrected chi connectivity index (χ4v) is 2.16. The van der Waals surface area contributed by atoms with Crippen LogP contribution in [-0.4, -0.2) is 25.6 Å². The summed E-state index contributed by atoms with van der Waals surface area (Å²) in [6, 6.07) is 6.02. The predicted octanol–water partition coefficient (Wildman–Crippen LogP) is 3.05. The third-order valence-corrected chi connectivity index (χ3v) is 3.21. The van der Waals surface area contributed by atoms with E-state index in [1.807, 2.05) is 32.2 Å². The Bertz CT molecular complexity index is 425. The van der Waals surface area contributed by atoms with Crippen molar-refractivity contribution in [3.63, 3.8) is 0 Å². The zero-order chi connectivity index (χ0) is 13.0. The average Bonchev–Trinajstić information content (AvgIpc) is 2.40. The summed E-state index contributed by atoms with van der Waals surface area (Å²) in [5, 5.41) is 14.3. The summed E-state index contributed by atoms with van der Waals surface area (Å²) in [5.41, 5.74) is 3.49. The van der Waals surface area contributed by atoms with E-state index in [4.69, 9.17) is 10.1 Å². The molecule has 1 atom stereocenters. The lowest BCUT2D eigenvalue weighted by Gasteiger charge is -2.25. The van der Waals surface area contributed by atoms with Crippen LogP contribution in [0.5, 0.6) is 0 Å². The molecule has 0 spiro atoms. The van der Waals surface area contributed by atoms with Gasteiger partial charge >= 0.3 is 0 Å². The van der Waals surface area contributed by atoms with E-state index >= 15 is 0 Å². The minimum atomic E-state index is 0.0808. The summed E-state index contributed by atoms with van der Waals surface area (Å²) < 4.78 is 5.68. The van der Waals surface area contributed by atoms with Crippen molar-refractivity contribution < 1.29 is 4.74 Å².